The average molecular weight is 595 g/mol. The molecule has 0 aromatic heterocycles. The van der Waals surface area contributed by atoms with E-state index in [2.05, 4.69) is 26.6 Å². The topological polar surface area (TPSA) is 84.5 Å². The van der Waals surface area contributed by atoms with Gasteiger partial charge in [-0.15, -0.1) is 0 Å². The number of ketones is 1. The molecule has 0 heterocycles. The van der Waals surface area contributed by atoms with Crippen molar-refractivity contribution in [3.63, 3.8) is 0 Å². The van der Waals surface area contributed by atoms with Crippen molar-refractivity contribution >= 4 is 51.4 Å². The minimum absolute atomic E-state index is 0.0649. The number of nitrogens with one attached hydrogen (secondary N) is 2. The maximum Gasteiger partial charge on any atom is 0.272 e. The van der Waals surface area contributed by atoms with Gasteiger partial charge in [-0.2, -0.15) is 0 Å². The van der Waals surface area contributed by atoms with Gasteiger partial charge in [0.1, 0.15) is 11.4 Å². The van der Waals surface area contributed by atoms with E-state index >= 15 is 0 Å². The third-order valence-electron chi connectivity index (χ3n) is 5.73. The van der Waals surface area contributed by atoms with Crippen molar-refractivity contribution in [3.05, 3.63) is 142 Å². The lowest BCUT2D eigenvalue weighted by Gasteiger charge is -2.12. The zero-order chi connectivity index (χ0) is 28.3. The van der Waals surface area contributed by atoms with Crippen LogP contribution < -0.4 is 15.4 Å². The molecule has 2 amide bonds. The summed E-state index contributed by atoms with van der Waals surface area (Å²) in [5.41, 5.74) is 3.05. The molecule has 0 saturated carbocycles. The average Bonchev–Trinajstić information content (AvgIpc) is 2.97. The number of hydrogen-bond acceptors (Lipinski definition) is 4. The zero-order valence-electron chi connectivity index (χ0n) is 21.8. The third-order valence-corrected chi connectivity index (χ3v) is 6.23. The van der Waals surface area contributed by atoms with Gasteiger partial charge in [0.2, 0.25) is 0 Å². The first-order chi connectivity index (χ1) is 19.4. The molecule has 4 rings (SSSR count). The summed E-state index contributed by atoms with van der Waals surface area (Å²) >= 11 is 3.42. The molecule has 0 bridgehead atoms. The fourth-order valence-corrected chi connectivity index (χ4v) is 4.15. The SMILES string of the molecule is CCOc1ccc(/C=C(\NC(=O)c2ccccc2)C(=O)Nc2ccc(C(=O)/C=C/c3cccc(Br)c3)cc2)cc1. The fourth-order valence-electron chi connectivity index (χ4n) is 3.73. The second kappa shape index (κ2) is 13.9. The van der Waals surface area contributed by atoms with Crippen molar-refractivity contribution in [1.29, 1.82) is 0 Å². The van der Waals surface area contributed by atoms with Crippen LogP contribution in [0, 0.1) is 0 Å². The maximum absolute atomic E-state index is 13.3. The van der Waals surface area contributed by atoms with Gasteiger partial charge < -0.3 is 15.4 Å². The van der Waals surface area contributed by atoms with Crippen molar-refractivity contribution in [3.8, 4) is 5.75 Å². The Labute approximate surface area is 241 Å². The number of anilines is 1. The van der Waals surface area contributed by atoms with E-state index in [4.69, 9.17) is 4.74 Å². The lowest BCUT2D eigenvalue weighted by molar-refractivity contribution is -0.113. The Balaban J connectivity index is 1.49. The number of carbonyl (C=O) groups is 3. The normalized spacial score (nSPS) is 11.2. The second-order valence-corrected chi connectivity index (χ2v) is 9.58. The number of benzene rings is 4. The molecule has 2 N–H and O–H groups in total. The monoisotopic (exact) mass is 594 g/mol. The van der Waals surface area contributed by atoms with Crippen molar-refractivity contribution < 1.29 is 19.1 Å². The van der Waals surface area contributed by atoms with Crippen LogP contribution in [0.3, 0.4) is 0 Å². The van der Waals surface area contributed by atoms with Gasteiger partial charge in [-0.3, -0.25) is 14.4 Å². The fraction of sp³-hybridized carbons (Fsp3) is 0.0606. The summed E-state index contributed by atoms with van der Waals surface area (Å²) in [6, 6.07) is 30.0. The van der Waals surface area contributed by atoms with Crippen molar-refractivity contribution in [2.24, 2.45) is 0 Å². The Morgan fingerprint density at radius 1 is 0.800 bits per heavy atom. The first kappa shape index (κ1) is 28.3. The lowest BCUT2D eigenvalue weighted by Crippen LogP contribution is -2.30. The van der Waals surface area contributed by atoms with Gasteiger partial charge in [-0.1, -0.05) is 64.5 Å². The molecular formula is C33H27BrN2O4. The van der Waals surface area contributed by atoms with Crippen LogP contribution in [-0.4, -0.2) is 24.2 Å². The summed E-state index contributed by atoms with van der Waals surface area (Å²) in [5, 5.41) is 5.52. The van der Waals surface area contributed by atoms with Gasteiger partial charge in [0, 0.05) is 21.3 Å². The predicted molar refractivity (Wildman–Crippen MR) is 162 cm³/mol. The number of rotatable bonds is 10. The molecule has 4 aromatic rings. The van der Waals surface area contributed by atoms with Crippen molar-refractivity contribution in [2.45, 2.75) is 6.92 Å². The number of carbonyl (C=O) groups excluding carboxylic acids is 3. The van der Waals surface area contributed by atoms with Crippen LogP contribution in [0.1, 0.15) is 38.8 Å². The number of hydrogen-bond donors (Lipinski definition) is 2. The second-order valence-electron chi connectivity index (χ2n) is 8.66. The molecule has 0 unspecified atom stereocenters. The molecular weight excluding hydrogens is 568 g/mol. The molecule has 0 saturated heterocycles. The highest BCUT2D eigenvalue weighted by Crippen LogP contribution is 2.17. The standard InChI is InChI=1S/C33H27BrN2O4/c1-2-40-29-18-11-24(12-19-29)22-30(36-32(38)26-8-4-3-5-9-26)33(39)35-28-16-14-25(15-17-28)31(37)20-13-23-7-6-10-27(34)21-23/h3-22H,2H2,1H3,(H,35,39)(H,36,38)/b20-13+,30-22-. The van der Waals surface area contributed by atoms with E-state index in [-0.39, 0.29) is 11.5 Å². The predicted octanol–water partition coefficient (Wildman–Crippen LogP) is 7.15. The van der Waals surface area contributed by atoms with Gasteiger partial charge in [0.15, 0.2) is 5.78 Å². The molecule has 6 nitrogen and oxygen atoms in total. The van der Waals surface area contributed by atoms with Crippen LogP contribution in [0.2, 0.25) is 0 Å². The largest absolute Gasteiger partial charge is 0.494 e. The Bertz CT molecular complexity index is 1540. The number of ether oxygens (including phenoxy) is 1. The van der Waals surface area contributed by atoms with Crippen LogP contribution >= 0.6 is 15.9 Å². The zero-order valence-corrected chi connectivity index (χ0v) is 23.4. The summed E-state index contributed by atoms with van der Waals surface area (Å²) < 4.78 is 6.41. The molecule has 0 aliphatic heterocycles. The summed E-state index contributed by atoms with van der Waals surface area (Å²) in [7, 11) is 0. The lowest BCUT2D eigenvalue weighted by atomic mass is 10.1. The molecule has 0 fully saturated rings. The maximum atomic E-state index is 13.3. The minimum Gasteiger partial charge on any atom is -0.494 e. The first-order valence-corrected chi connectivity index (χ1v) is 13.4. The van der Waals surface area contributed by atoms with E-state index < -0.39 is 11.8 Å². The molecule has 0 spiro atoms. The van der Waals surface area contributed by atoms with Crippen LogP contribution in [0.25, 0.3) is 12.2 Å². The molecule has 0 aliphatic rings. The van der Waals surface area contributed by atoms with Gasteiger partial charge in [-0.25, -0.2) is 0 Å². The number of allylic oxidation sites excluding steroid dienone is 1. The minimum atomic E-state index is -0.508. The molecule has 200 valence electrons. The quantitative estimate of drug-likeness (QED) is 0.151. The number of halogens is 1. The van der Waals surface area contributed by atoms with Crippen LogP contribution in [-0.2, 0) is 4.79 Å². The highest BCUT2D eigenvalue weighted by molar-refractivity contribution is 9.10. The summed E-state index contributed by atoms with van der Waals surface area (Å²) in [6.45, 7) is 2.44. The van der Waals surface area contributed by atoms with Gasteiger partial charge in [-0.05, 0) is 90.9 Å². The van der Waals surface area contributed by atoms with E-state index in [0.29, 0.717) is 34.7 Å². The Hall–Kier alpha value is -4.75. The summed E-state index contributed by atoms with van der Waals surface area (Å²) in [5.74, 6) is -0.373. The van der Waals surface area contributed by atoms with E-state index in [1.807, 2.05) is 37.3 Å². The molecule has 4 aromatic carbocycles. The number of amides is 2. The first-order valence-electron chi connectivity index (χ1n) is 12.6. The molecule has 7 heteroatoms. The summed E-state index contributed by atoms with van der Waals surface area (Å²) in [4.78, 5) is 38.7. The Morgan fingerprint density at radius 3 is 2.20 bits per heavy atom. The Morgan fingerprint density at radius 2 is 1.52 bits per heavy atom. The van der Waals surface area contributed by atoms with E-state index in [1.54, 1.807) is 84.9 Å². The third kappa shape index (κ3) is 8.12. The van der Waals surface area contributed by atoms with E-state index in [9.17, 15) is 14.4 Å². The molecule has 0 radical (unpaired) electrons. The van der Waals surface area contributed by atoms with E-state index in [0.717, 1.165) is 10.0 Å². The highest BCUT2D eigenvalue weighted by Gasteiger charge is 2.15. The van der Waals surface area contributed by atoms with E-state index in [1.165, 1.54) is 6.08 Å². The summed E-state index contributed by atoms with van der Waals surface area (Å²) in [6.07, 6.45) is 4.85. The molecule has 0 atom stereocenters. The van der Waals surface area contributed by atoms with Gasteiger partial charge in [0.05, 0.1) is 6.61 Å². The van der Waals surface area contributed by atoms with Crippen LogP contribution in [0.4, 0.5) is 5.69 Å². The highest BCUT2D eigenvalue weighted by atomic mass is 79.9. The Kier molecular flexibility index (Phi) is 9.80. The van der Waals surface area contributed by atoms with Crippen molar-refractivity contribution in [1.82, 2.24) is 5.32 Å². The van der Waals surface area contributed by atoms with Gasteiger partial charge >= 0.3 is 0 Å². The van der Waals surface area contributed by atoms with Crippen molar-refractivity contribution in [2.75, 3.05) is 11.9 Å². The molecule has 40 heavy (non-hydrogen) atoms. The smallest absolute Gasteiger partial charge is 0.272 e. The molecule has 0 aliphatic carbocycles. The van der Waals surface area contributed by atoms with Gasteiger partial charge in [0.25, 0.3) is 11.8 Å². The van der Waals surface area contributed by atoms with Crippen LogP contribution in [0.15, 0.2) is 119 Å². The van der Waals surface area contributed by atoms with Crippen LogP contribution in [0.5, 0.6) is 5.75 Å².